The van der Waals surface area contributed by atoms with Crippen LogP contribution in [0.2, 0.25) is 0 Å². The van der Waals surface area contributed by atoms with Gasteiger partial charge in [-0.1, -0.05) is 11.2 Å². The second kappa shape index (κ2) is 23.2. The molecule has 20 nitrogen and oxygen atoms in total. The average molecular weight is 924 g/mol. The maximum absolute atomic E-state index is 11.5. The molecule has 3 saturated heterocycles. The van der Waals surface area contributed by atoms with Crippen LogP contribution in [0, 0.1) is 19.3 Å². The van der Waals surface area contributed by atoms with Crippen molar-refractivity contribution in [2.24, 2.45) is 10.8 Å². The average Bonchev–Trinajstić information content (AvgIpc) is 3.82. The van der Waals surface area contributed by atoms with Gasteiger partial charge in [0, 0.05) is 153 Å². The van der Waals surface area contributed by atoms with Gasteiger partial charge in [-0.3, -0.25) is 62.3 Å². The number of aliphatic hydroxyl groups is 1. The van der Waals surface area contributed by atoms with Crippen LogP contribution >= 0.6 is 0 Å². The Hall–Kier alpha value is -1.54. The molecule has 263 valence electrons. The molecule has 50 heavy (non-hydrogen) atoms. The zero-order chi connectivity index (χ0) is 33.9. The normalized spacial score (nSPS) is 23.3. The van der Waals surface area contributed by atoms with Crippen molar-refractivity contribution in [2.45, 2.75) is 56.3 Å². The fourth-order valence-corrected chi connectivity index (χ4v) is 4.75. The molecular formula is C27H33N10O10Y3-3. The maximum Gasteiger partial charge on any atom is 0.330 e. The summed E-state index contributed by atoms with van der Waals surface area (Å²) in [4.78, 5) is 75.9. The summed E-state index contributed by atoms with van der Waals surface area (Å²) in [5.41, 5.74) is 10.9. The number of hydrogen-bond acceptors (Lipinski definition) is 12. The smallest absolute Gasteiger partial charge is 0.330 e. The second-order valence-electron chi connectivity index (χ2n) is 10.2. The molecule has 0 bridgehead atoms. The van der Waals surface area contributed by atoms with Crippen LogP contribution in [0.3, 0.4) is 0 Å². The Bertz CT molecular complexity index is 1820. The molecule has 6 N–H and O–H groups in total. The van der Waals surface area contributed by atoms with Crippen LogP contribution in [0.1, 0.15) is 37.9 Å². The Morgan fingerprint density at radius 1 is 0.720 bits per heavy atom. The minimum Gasteiger partial charge on any atom is -0.397 e. The van der Waals surface area contributed by atoms with E-state index in [1.54, 1.807) is 6.42 Å². The topological polar surface area (TPSA) is 287 Å². The first kappa shape index (κ1) is 46.5. The zero-order valence-corrected chi connectivity index (χ0v) is 35.0. The number of aromatic nitrogens is 6. The van der Waals surface area contributed by atoms with Gasteiger partial charge in [0.25, 0.3) is 16.7 Å². The van der Waals surface area contributed by atoms with Gasteiger partial charge < -0.3 is 25.1 Å². The van der Waals surface area contributed by atoms with E-state index >= 15 is 0 Å². The van der Waals surface area contributed by atoms with Crippen LogP contribution < -0.4 is 39.5 Å². The van der Waals surface area contributed by atoms with E-state index in [0.717, 1.165) is 0 Å². The number of nitrogens with one attached hydrogen (secondary N) is 3. The van der Waals surface area contributed by atoms with Crippen LogP contribution in [0.4, 0.5) is 0 Å². The number of ether oxygens (including phenoxy) is 3. The summed E-state index contributed by atoms with van der Waals surface area (Å²) in [6.45, 7) is 0.494. The third-order valence-electron chi connectivity index (χ3n) is 7.02. The summed E-state index contributed by atoms with van der Waals surface area (Å²) in [6.07, 6.45) is 9.42. The summed E-state index contributed by atoms with van der Waals surface area (Å²) >= 11 is 0. The molecule has 3 aromatic heterocycles. The number of hydrogen-bond donors (Lipinski definition) is 5. The SMILES string of the molecule is NCC1[CH-]CC(n2ccc(=O)[nH]c2=O)O1.O=c1ccn(C2C[CH-]C(CO)O2)c(=O)[nH]1.[N-]=[N+]=NCC1[CH-]CC(n2ccc(=O)[nH]c2=O)O1.[Y].[Y].[Y]. The molecule has 0 aromatic carbocycles. The number of nitrogens with zero attached hydrogens (tertiary/aromatic N) is 6. The van der Waals surface area contributed by atoms with E-state index in [9.17, 15) is 28.8 Å². The number of aromatic amines is 3. The molecule has 6 atom stereocenters. The van der Waals surface area contributed by atoms with Crippen molar-refractivity contribution in [3.05, 3.63) is 129 Å². The molecule has 0 aliphatic carbocycles. The van der Waals surface area contributed by atoms with Gasteiger partial charge in [0.2, 0.25) is 0 Å². The number of aliphatic hydroxyl groups excluding tert-OH is 1. The summed E-state index contributed by atoms with van der Waals surface area (Å²) < 4.78 is 20.3. The van der Waals surface area contributed by atoms with E-state index < -0.39 is 46.2 Å². The number of azide groups is 1. The summed E-state index contributed by atoms with van der Waals surface area (Å²) in [5.74, 6) is 0. The van der Waals surface area contributed by atoms with Gasteiger partial charge >= 0.3 is 17.1 Å². The van der Waals surface area contributed by atoms with Crippen molar-refractivity contribution >= 4 is 0 Å². The van der Waals surface area contributed by atoms with Gasteiger partial charge in [0.05, 0.1) is 0 Å². The standard InChI is InChI=1S/C9H10N5O3.C9H12N3O3.C9H11N2O4.3Y/c10-13-11-5-6-1-2-8(17-6)14-4-3-7(15)12-9(14)16;10-5-6-1-2-8(15-6)12-4-3-7(13)11-9(12)14;12-5-6-1-2-8(15-6)11-4-3-7(13)10-9(11)14;;;/h1,3-4,6,8H,2,5H2,(H,12,15,16);1,3-4,6,8H,2,5,10H2,(H,11,13,14);1,3-4,6,8,12H,2,5H2,(H,10,13,14);;;/q3*-1;;;. The van der Waals surface area contributed by atoms with Gasteiger partial charge in [0.15, 0.2) is 0 Å². The van der Waals surface area contributed by atoms with E-state index in [2.05, 4.69) is 25.0 Å². The van der Waals surface area contributed by atoms with E-state index in [-0.39, 0.29) is 136 Å². The molecule has 6 heterocycles. The quantitative estimate of drug-likeness (QED) is 0.0774. The molecule has 23 heteroatoms. The number of nitrogens with two attached hydrogens (primary N) is 1. The van der Waals surface area contributed by atoms with Crippen molar-refractivity contribution < 1.29 is 117 Å². The minimum absolute atomic E-state index is 0. The molecule has 3 aromatic rings. The Kier molecular flexibility index (Phi) is 21.6. The molecule has 3 fully saturated rings. The summed E-state index contributed by atoms with van der Waals surface area (Å²) in [7, 11) is 0. The van der Waals surface area contributed by atoms with Crippen molar-refractivity contribution in [1.29, 1.82) is 0 Å². The molecule has 0 amide bonds. The predicted molar refractivity (Wildman–Crippen MR) is 163 cm³/mol. The second-order valence-corrected chi connectivity index (χ2v) is 10.2. The first-order valence-corrected chi connectivity index (χ1v) is 14.3. The minimum atomic E-state index is -0.514. The Balaban J connectivity index is 0.000000365. The van der Waals surface area contributed by atoms with Gasteiger partial charge in [-0.2, -0.15) is 0 Å². The van der Waals surface area contributed by atoms with Crippen LogP contribution in [0.5, 0.6) is 0 Å². The van der Waals surface area contributed by atoms with Crippen LogP contribution in [0.15, 0.2) is 70.7 Å². The van der Waals surface area contributed by atoms with E-state index in [4.69, 9.17) is 30.6 Å². The third-order valence-corrected chi connectivity index (χ3v) is 7.02. The van der Waals surface area contributed by atoms with Crippen LogP contribution in [0.25, 0.3) is 10.4 Å². The predicted octanol–water partition coefficient (Wildman–Crippen LogP) is -1.66. The fourth-order valence-electron chi connectivity index (χ4n) is 4.75. The zero-order valence-electron chi connectivity index (χ0n) is 26.5. The number of H-pyrrole nitrogens is 3. The van der Waals surface area contributed by atoms with Crippen LogP contribution in [-0.2, 0) is 112 Å². The molecule has 0 saturated carbocycles. The first-order chi connectivity index (χ1) is 22.6. The van der Waals surface area contributed by atoms with Crippen molar-refractivity contribution in [3.8, 4) is 0 Å². The van der Waals surface area contributed by atoms with Gasteiger partial charge in [0.1, 0.15) is 18.7 Å². The van der Waals surface area contributed by atoms with Crippen molar-refractivity contribution in [2.75, 3.05) is 19.7 Å². The molecule has 0 spiro atoms. The third kappa shape index (κ3) is 13.5. The van der Waals surface area contributed by atoms with E-state index in [1.807, 2.05) is 12.8 Å². The Labute approximate surface area is 358 Å². The summed E-state index contributed by atoms with van der Waals surface area (Å²) in [5, 5.41) is 12.2. The first-order valence-electron chi connectivity index (χ1n) is 14.3. The molecule has 6 rings (SSSR count). The van der Waals surface area contributed by atoms with Crippen molar-refractivity contribution in [1.82, 2.24) is 28.7 Å². The van der Waals surface area contributed by atoms with E-state index in [0.29, 0.717) is 25.8 Å². The van der Waals surface area contributed by atoms with Crippen LogP contribution in [-0.4, -0.2) is 71.8 Å². The monoisotopic (exact) mass is 924 g/mol. The molecule has 6 unspecified atom stereocenters. The van der Waals surface area contributed by atoms with Gasteiger partial charge in [-0.25, -0.2) is 14.4 Å². The maximum atomic E-state index is 11.5. The molecule has 3 aliphatic rings. The number of rotatable bonds is 7. The fraction of sp³-hybridized carbons (Fsp3) is 0.444. The van der Waals surface area contributed by atoms with Gasteiger partial charge in [-0.05, 0) is 24.3 Å². The van der Waals surface area contributed by atoms with Gasteiger partial charge in [-0.15, -0.1) is 19.3 Å². The molecular weight excluding hydrogens is 891 g/mol. The Morgan fingerprint density at radius 3 is 1.40 bits per heavy atom. The summed E-state index contributed by atoms with van der Waals surface area (Å²) in [6, 6.07) is 3.81. The molecule has 3 radical (unpaired) electrons. The largest absolute Gasteiger partial charge is 0.397 e. The van der Waals surface area contributed by atoms with E-state index in [1.165, 1.54) is 50.5 Å². The van der Waals surface area contributed by atoms with Crippen molar-refractivity contribution in [3.63, 3.8) is 0 Å². The molecule has 3 aliphatic heterocycles. The Morgan fingerprint density at radius 2 is 1.08 bits per heavy atom.